The summed E-state index contributed by atoms with van der Waals surface area (Å²) < 4.78 is 6.51. The van der Waals surface area contributed by atoms with E-state index in [9.17, 15) is 9.59 Å². The number of fused-ring (bicyclic) bond motifs is 1. The molecule has 1 fully saturated rings. The molecule has 1 aliphatic rings. The van der Waals surface area contributed by atoms with Crippen molar-refractivity contribution < 1.29 is 14.3 Å². The van der Waals surface area contributed by atoms with E-state index in [0.717, 1.165) is 52.7 Å². The molecule has 0 bridgehead atoms. The Kier molecular flexibility index (Phi) is 5.94. The van der Waals surface area contributed by atoms with Crippen LogP contribution in [0.3, 0.4) is 0 Å². The number of thiazole rings is 1. The minimum absolute atomic E-state index is 0.00576. The molecule has 0 spiro atoms. The summed E-state index contributed by atoms with van der Waals surface area (Å²) >= 11 is 1.41. The molecule has 7 nitrogen and oxygen atoms in total. The van der Waals surface area contributed by atoms with Crippen LogP contribution in [0, 0.1) is 6.92 Å². The van der Waals surface area contributed by atoms with Crippen molar-refractivity contribution in [3.05, 3.63) is 35.9 Å². The maximum Gasteiger partial charge on any atom is 0.413 e. The highest BCUT2D eigenvalue weighted by molar-refractivity contribution is 7.22. The summed E-state index contributed by atoms with van der Waals surface area (Å²) in [6, 6.07) is 9.67. The number of rotatable bonds is 4. The molecule has 2 N–H and O–H groups in total. The van der Waals surface area contributed by atoms with Crippen molar-refractivity contribution in [1.29, 1.82) is 0 Å². The molecular formula is C22H24N4O3S. The zero-order valence-electron chi connectivity index (χ0n) is 17.0. The van der Waals surface area contributed by atoms with Crippen LogP contribution in [0.15, 0.2) is 30.3 Å². The van der Waals surface area contributed by atoms with Gasteiger partial charge in [0, 0.05) is 12.5 Å². The first-order valence-electron chi connectivity index (χ1n) is 10.1. The van der Waals surface area contributed by atoms with Gasteiger partial charge in [-0.1, -0.05) is 29.9 Å². The van der Waals surface area contributed by atoms with Crippen LogP contribution < -0.4 is 10.6 Å². The standard InChI is InChI=1S/C22H24N4O3S/c1-13-8-10-17(24-20(13)26-22(28)29-16-6-4-3-5-7-16)15-9-11-18-19(12-15)30-21(25-18)23-14(2)27/h8-12,16H,3-7H2,1-2H3,(H,23,25,27)(H,24,26,28). The number of carbonyl (C=O) groups excluding carboxylic acids is 2. The average Bonchev–Trinajstić information content (AvgIpc) is 3.11. The molecule has 1 saturated carbocycles. The van der Waals surface area contributed by atoms with Crippen LogP contribution in [0.2, 0.25) is 0 Å². The van der Waals surface area contributed by atoms with Gasteiger partial charge in [0.05, 0.1) is 15.9 Å². The first-order chi connectivity index (χ1) is 14.5. The zero-order valence-corrected chi connectivity index (χ0v) is 17.8. The molecule has 2 amide bonds. The minimum Gasteiger partial charge on any atom is -0.446 e. The van der Waals surface area contributed by atoms with Crippen LogP contribution in [0.4, 0.5) is 15.7 Å². The average molecular weight is 425 g/mol. The van der Waals surface area contributed by atoms with E-state index in [-0.39, 0.29) is 12.0 Å². The predicted octanol–water partition coefficient (Wildman–Crippen LogP) is 5.51. The number of benzene rings is 1. The van der Waals surface area contributed by atoms with Crippen LogP contribution in [-0.2, 0) is 9.53 Å². The van der Waals surface area contributed by atoms with Crippen LogP contribution in [0.5, 0.6) is 0 Å². The number of aromatic nitrogens is 2. The number of anilines is 2. The van der Waals surface area contributed by atoms with E-state index < -0.39 is 6.09 Å². The van der Waals surface area contributed by atoms with Gasteiger partial charge in [-0.15, -0.1) is 0 Å². The summed E-state index contributed by atoms with van der Waals surface area (Å²) in [5.74, 6) is 0.349. The van der Waals surface area contributed by atoms with Gasteiger partial charge in [-0.25, -0.2) is 14.8 Å². The van der Waals surface area contributed by atoms with Crippen LogP contribution in [-0.4, -0.2) is 28.1 Å². The lowest BCUT2D eigenvalue weighted by Crippen LogP contribution is -2.25. The lowest BCUT2D eigenvalue weighted by molar-refractivity contribution is -0.114. The quantitative estimate of drug-likeness (QED) is 0.576. The number of nitrogens with zero attached hydrogens (tertiary/aromatic N) is 2. The van der Waals surface area contributed by atoms with Crippen molar-refractivity contribution in [2.45, 2.75) is 52.1 Å². The Morgan fingerprint density at radius 3 is 2.63 bits per heavy atom. The van der Waals surface area contributed by atoms with E-state index in [2.05, 4.69) is 20.6 Å². The van der Waals surface area contributed by atoms with E-state index in [1.165, 1.54) is 24.7 Å². The highest BCUT2D eigenvalue weighted by atomic mass is 32.1. The highest BCUT2D eigenvalue weighted by Gasteiger charge is 2.18. The van der Waals surface area contributed by atoms with E-state index >= 15 is 0 Å². The molecule has 0 saturated heterocycles. The van der Waals surface area contributed by atoms with Crippen LogP contribution >= 0.6 is 11.3 Å². The van der Waals surface area contributed by atoms with Gasteiger partial charge in [-0.2, -0.15) is 0 Å². The van der Waals surface area contributed by atoms with E-state index in [0.29, 0.717) is 10.9 Å². The number of amides is 2. The number of aryl methyl sites for hydroxylation is 1. The number of pyridine rings is 1. The Morgan fingerprint density at radius 2 is 1.87 bits per heavy atom. The third-order valence-electron chi connectivity index (χ3n) is 5.11. The Morgan fingerprint density at radius 1 is 1.07 bits per heavy atom. The van der Waals surface area contributed by atoms with E-state index in [1.807, 2.05) is 37.3 Å². The third-order valence-corrected chi connectivity index (χ3v) is 6.04. The van der Waals surface area contributed by atoms with Gasteiger partial charge >= 0.3 is 6.09 Å². The van der Waals surface area contributed by atoms with Gasteiger partial charge < -0.3 is 10.1 Å². The Bertz CT molecular complexity index is 1090. The zero-order chi connectivity index (χ0) is 21.1. The summed E-state index contributed by atoms with van der Waals surface area (Å²) in [6.07, 6.45) is 4.81. The molecule has 0 unspecified atom stereocenters. The van der Waals surface area contributed by atoms with E-state index in [1.54, 1.807) is 0 Å². The fourth-order valence-corrected chi connectivity index (χ4v) is 4.52. The number of ether oxygens (including phenoxy) is 1. The van der Waals surface area contributed by atoms with Crippen molar-refractivity contribution in [2.75, 3.05) is 10.6 Å². The summed E-state index contributed by atoms with van der Waals surface area (Å²) in [4.78, 5) is 32.6. The van der Waals surface area contributed by atoms with E-state index in [4.69, 9.17) is 4.74 Å². The number of hydrogen-bond donors (Lipinski definition) is 2. The van der Waals surface area contributed by atoms with Gasteiger partial charge in [-0.05, 0) is 56.4 Å². The van der Waals surface area contributed by atoms with Crippen molar-refractivity contribution in [3.63, 3.8) is 0 Å². The fourth-order valence-electron chi connectivity index (χ4n) is 3.56. The minimum atomic E-state index is -0.451. The molecule has 1 aromatic carbocycles. The molecule has 2 heterocycles. The smallest absolute Gasteiger partial charge is 0.413 e. The molecule has 4 rings (SSSR count). The highest BCUT2D eigenvalue weighted by Crippen LogP contribution is 2.31. The molecule has 8 heteroatoms. The molecule has 1 aliphatic carbocycles. The Balaban J connectivity index is 1.53. The second kappa shape index (κ2) is 8.79. The van der Waals surface area contributed by atoms with Crippen molar-refractivity contribution in [3.8, 4) is 11.3 Å². The largest absolute Gasteiger partial charge is 0.446 e. The summed E-state index contributed by atoms with van der Waals surface area (Å²) in [7, 11) is 0. The molecule has 156 valence electrons. The normalized spacial score (nSPS) is 14.5. The summed E-state index contributed by atoms with van der Waals surface area (Å²) in [5, 5.41) is 6.09. The van der Waals surface area contributed by atoms with Crippen molar-refractivity contribution in [1.82, 2.24) is 9.97 Å². The van der Waals surface area contributed by atoms with Gasteiger partial charge in [0.25, 0.3) is 0 Å². The topological polar surface area (TPSA) is 93.2 Å². The predicted molar refractivity (Wildman–Crippen MR) is 119 cm³/mol. The summed E-state index contributed by atoms with van der Waals surface area (Å²) in [5.41, 5.74) is 3.33. The third kappa shape index (κ3) is 4.76. The molecule has 3 aromatic rings. The van der Waals surface area contributed by atoms with Gasteiger partial charge in [0.2, 0.25) is 5.91 Å². The maximum absolute atomic E-state index is 12.3. The molecule has 2 aromatic heterocycles. The van der Waals surface area contributed by atoms with Gasteiger partial charge in [0.1, 0.15) is 11.9 Å². The number of hydrogen-bond acceptors (Lipinski definition) is 6. The molecule has 0 radical (unpaired) electrons. The molecule has 0 aliphatic heterocycles. The maximum atomic E-state index is 12.3. The first kappa shape index (κ1) is 20.3. The molecule has 0 atom stereocenters. The van der Waals surface area contributed by atoms with Gasteiger partial charge in [-0.3, -0.25) is 10.1 Å². The first-order valence-corrected chi connectivity index (χ1v) is 10.9. The Hall–Kier alpha value is -3.00. The van der Waals surface area contributed by atoms with Crippen molar-refractivity contribution >= 4 is 44.5 Å². The number of carbonyl (C=O) groups is 2. The molecule has 30 heavy (non-hydrogen) atoms. The lowest BCUT2D eigenvalue weighted by atomic mass is 9.98. The summed E-state index contributed by atoms with van der Waals surface area (Å²) in [6.45, 7) is 3.36. The fraction of sp³-hybridized carbons (Fsp3) is 0.364. The monoisotopic (exact) mass is 424 g/mol. The van der Waals surface area contributed by atoms with Crippen LogP contribution in [0.25, 0.3) is 21.5 Å². The SMILES string of the molecule is CC(=O)Nc1nc2ccc(-c3ccc(C)c(NC(=O)OC4CCCCC4)n3)cc2s1. The second-order valence-corrected chi connectivity index (χ2v) is 8.57. The van der Waals surface area contributed by atoms with Crippen LogP contribution in [0.1, 0.15) is 44.6 Å². The van der Waals surface area contributed by atoms with Crippen molar-refractivity contribution in [2.24, 2.45) is 0 Å². The Labute approximate surface area is 178 Å². The lowest BCUT2D eigenvalue weighted by Gasteiger charge is -2.22. The number of nitrogens with one attached hydrogen (secondary N) is 2. The molecular weight excluding hydrogens is 400 g/mol. The van der Waals surface area contributed by atoms with Gasteiger partial charge in [0.15, 0.2) is 5.13 Å². The second-order valence-electron chi connectivity index (χ2n) is 7.54.